The molecule has 0 unspecified atom stereocenters. The summed E-state index contributed by atoms with van der Waals surface area (Å²) in [6.07, 6.45) is 1.65. The zero-order chi connectivity index (χ0) is 26.2. The molecule has 0 saturated heterocycles. The van der Waals surface area contributed by atoms with E-state index in [9.17, 15) is 9.90 Å². The number of aliphatic hydroxyl groups is 1. The lowest BCUT2D eigenvalue weighted by Gasteiger charge is -2.47. The van der Waals surface area contributed by atoms with Gasteiger partial charge in [0.05, 0.1) is 32.8 Å². The van der Waals surface area contributed by atoms with Crippen molar-refractivity contribution in [3.63, 3.8) is 0 Å². The SMILES string of the molecule is COc1ccc([C@@]23Oc4cc(OC)cc(OC)c4[C@]2(O)CCC[C@H](NC(=O)S)[C@H]3c2ccccc2)cc1. The second-order valence-electron chi connectivity index (χ2n) is 9.47. The summed E-state index contributed by atoms with van der Waals surface area (Å²) in [6, 6.07) is 20.6. The van der Waals surface area contributed by atoms with Crippen molar-refractivity contribution in [2.24, 2.45) is 0 Å². The van der Waals surface area contributed by atoms with Crippen molar-refractivity contribution in [1.82, 2.24) is 5.32 Å². The summed E-state index contributed by atoms with van der Waals surface area (Å²) in [7, 11) is 4.76. The van der Waals surface area contributed by atoms with Gasteiger partial charge in [-0.3, -0.25) is 4.79 Å². The predicted molar refractivity (Wildman–Crippen MR) is 143 cm³/mol. The fraction of sp³-hybridized carbons (Fsp3) is 0.345. The molecule has 37 heavy (non-hydrogen) atoms. The zero-order valence-electron chi connectivity index (χ0n) is 21.1. The molecule has 1 aliphatic heterocycles. The van der Waals surface area contributed by atoms with Crippen LogP contribution in [-0.2, 0) is 11.2 Å². The van der Waals surface area contributed by atoms with Crippen LogP contribution in [0.1, 0.15) is 41.9 Å². The molecule has 8 heteroatoms. The van der Waals surface area contributed by atoms with Gasteiger partial charge in [-0.15, -0.1) is 0 Å². The van der Waals surface area contributed by atoms with Gasteiger partial charge in [-0.1, -0.05) is 55.1 Å². The van der Waals surface area contributed by atoms with Gasteiger partial charge < -0.3 is 29.4 Å². The van der Waals surface area contributed by atoms with Gasteiger partial charge in [0, 0.05) is 18.2 Å². The summed E-state index contributed by atoms with van der Waals surface area (Å²) in [5, 5.41) is 15.5. The topological polar surface area (TPSA) is 86.2 Å². The highest BCUT2D eigenvalue weighted by Gasteiger charge is 2.68. The molecular formula is C29H31NO6S. The molecule has 1 heterocycles. The van der Waals surface area contributed by atoms with Crippen LogP contribution in [0.15, 0.2) is 66.7 Å². The van der Waals surface area contributed by atoms with Crippen molar-refractivity contribution < 1.29 is 28.8 Å². The first kappa shape index (κ1) is 25.3. The highest BCUT2D eigenvalue weighted by atomic mass is 32.1. The molecule has 4 atom stereocenters. The largest absolute Gasteiger partial charge is 0.497 e. The number of hydrogen-bond donors (Lipinski definition) is 3. The van der Waals surface area contributed by atoms with E-state index in [2.05, 4.69) is 17.9 Å². The van der Waals surface area contributed by atoms with Gasteiger partial charge >= 0.3 is 0 Å². The Balaban J connectivity index is 1.85. The summed E-state index contributed by atoms with van der Waals surface area (Å²) < 4.78 is 23.7. The molecule has 5 rings (SSSR count). The molecule has 0 bridgehead atoms. The third kappa shape index (κ3) is 3.99. The van der Waals surface area contributed by atoms with Gasteiger partial charge in [-0.05, 0) is 42.5 Å². The van der Waals surface area contributed by atoms with E-state index >= 15 is 0 Å². The molecule has 1 fully saturated rings. The number of amides is 1. The lowest BCUT2D eigenvalue weighted by Crippen LogP contribution is -2.56. The van der Waals surface area contributed by atoms with Crippen LogP contribution in [0.4, 0.5) is 4.79 Å². The smallest absolute Gasteiger partial charge is 0.276 e. The van der Waals surface area contributed by atoms with E-state index in [4.69, 9.17) is 18.9 Å². The third-order valence-electron chi connectivity index (χ3n) is 7.67. The van der Waals surface area contributed by atoms with E-state index in [-0.39, 0.29) is 6.04 Å². The Labute approximate surface area is 222 Å². The van der Waals surface area contributed by atoms with Crippen molar-refractivity contribution in [1.29, 1.82) is 0 Å². The average molecular weight is 522 g/mol. The standard InChI is InChI=1S/C29H31NO6S/c1-33-20-13-11-19(12-14-20)29-25(18-8-5-4-6-9-18)22(30-27(31)37)10-7-15-28(29,32)26-23(35-3)16-21(34-2)17-24(26)36-29/h4-6,8-9,11-14,16-17,22,25,32H,7,10,15H2,1-3H3,(H2,30,31,37)/t22-,25+,28+,29-/m0/s1. The predicted octanol–water partition coefficient (Wildman–Crippen LogP) is 5.16. The van der Waals surface area contributed by atoms with Crippen LogP contribution in [0.5, 0.6) is 23.0 Å². The van der Waals surface area contributed by atoms with Gasteiger partial charge in [0.1, 0.15) is 28.6 Å². The molecule has 0 radical (unpaired) electrons. The molecule has 7 nitrogen and oxygen atoms in total. The minimum absolute atomic E-state index is 0.370. The number of ether oxygens (including phenoxy) is 4. The van der Waals surface area contributed by atoms with Crippen LogP contribution in [-0.4, -0.2) is 37.7 Å². The van der Waals surface area contributed by atoms with Crippen molar-refractivity contribution in [3.05, 3.63) is 83.4 Å². The number of fused-ring (bicyclic) bond motifs is 3. The zero-order valence-corrected chi connectivity index (χ0v) is 22.0. The molecule has 0 spiro atoms. The summed E-state index contributed by atoms with van der Waals surface area (Å²) >= 11 is 4.06. The number of benzene rings is 3. The summed E-state index contributed by atoms with van der Waals surface area (Å²) in [5.74, 6) is 1.72. The first-order valence-corrected chi connectivity index (χ1v) is 12.7. The quantitative estimate of drug-likeness (QED) is 0.389. The number of carbonyl (C=O) groups is 1. The van der Waals surface area contributed by atoms with Crippen LogP contribution >= 0.6 is 12.6 Å². The first-order chi connectivity index (χ1) is 17.9. The average Bonchev–Trinajstić information content (AvgIpc) is 3.10. The maximum atomic E-state index is 12.9. The Morgan fingerprint density at radius 1 is 1.00 bits per heavy atom. The minimum atomic E-state index is -1.49. The van der Waals surface area contributed by atoms with E-state index < -0.39 is 22.4 Å². The molecule has 1 saturated carbocycles. The molecule has 194 valence electrons. The van der Waals surface area contributed by atoms with Crippen LogP contribution in [0.25, 0.3) is 0 Å². The number of thiol groups is 1. The highest BCUT2D eigenvalue weighted by molar-refractivity contribution is 7.96. The second kappa shape index (κ2) is 9.84. The molecule has 3 aromatic carbocycles. The van der Waals surface area contributed by atoms with Crippen LogP contribution in [0.3, 0.4) is 0 Å². The second-order valence-corrected chi connectivity index (χ2v) is 9.87. The number of nitrogens with one attached hydrogen (secondary N) is 1. The Morgan fingerprint density at radius 2 is 1.70 bits per heavy atom. The number of hydrogen-bond acceptors (Lipinski definition) is 6. The van der Waals surface area contributed by atoms with Gasteiger partial charge in [-0.25, -0.2) is 0 Å². The molecule has 2 aliphatic rings. The van der Waals surface area contributed by atoms with E-state index in [1.807, 2.05) is 54.6 Å². The van der Waals surface area contributed by atoms with E-state index in [1.165, 1.54) is 0 Å². The van der Waals surface area contributed by atoms with Crippen LogP contribution < -0.4 is 24.3 Å². The number of methoxy groups -OCH3 is 3. The van der Waals surface area contributed by atoms with Gasteiger partial charge in [0.25, 0.3) is 5.24 Å². The van der Waals surface area contributed by atoms with Crippen LogP contribution in [0.2, 0.25) is 0 Å². The Morgan fingerprint density at radius 3 is 2.32 bits per heavy atom. The maximum absolute atomic E-state index is 12.9. The summed E-state index contributed by atoms with van der Waals surface area (Å²) in [4.78, 5) is 12.3. The monoisotopic (exact) mass is 521 g/mol. The van der Waals surface area contributed by atoms with Gasteiger partial charge in [0.2, 0.25) is 0 Å². The molecule has 1 amide bonds. The number of carbonyl (C=O) groups excluding carboxylic acids is 1. The fourth-order valence-electron chi connectivity index (χ4n) is 6.19. The molecule has 1 aliphatic carbocycles. The normalized spacial score (nSPS) is 26.2. The Bertz CT molecular complexity index is 1280. The first-order valence-electron chi connectivity index (χ1n) is 12.2. The number of rotatable bonds is 6. The van der Waals surface area contributed by atoms with Crippen LogP contribution in [0, 0.1) is 0 Å². The Hall–Kier alpha value is -3.36. The molecule has 3 aromatic rings. The summed E-state index contributed by atoms with van der Waals surface area (Å²) in [5.41, 5.74) is -0.567. The molecule has 0 aromatic heterocycles. The van der Waals surface area contributed by atoms with Crippen molar-refractivity contribution in [2.45, 2.75) is 42.4 Å². The van der Waals surface area contributed by atoms with Crippen molar-refractivity contribution in [3.8, 4) is 23.0 Å². The summed E-state index contributed by atoms with van der Waals surface area (Å²) in [6.45, 7) is 0. The molecular weight excluding hydrogens is 490 g/mol. The van der Waals surface area contributed by atoms with Crippen molar-refractivity contribution >= 4 is 17.9 Å². The van der Waals surface area contributed by atoms with E-state index in [1.54, 1.807) is 33.5 Å². The maximum Gasteiger partial charge on any atom is 0.276 e. The third-order valence-corrected chi connectivity index (χ3v) is 7.80. The van der Waals surface area contributed by atoms with Gasteiger partial charge in [-0.2, -0.15) is 0 Å². The Kier molecular flexibility index (Phi) is 6.72. The minimum Gasteiger partial charge on any atom is -0.497 e. The lowest BCUT2D eigenvalue weighted by atomic mass is 9.64. The lowest BCUT2D eigenvalue weighted by molar-refractivity contribution is -0.139. The van der Waals surface area contributed by atoms with E-state index in [0.29, 0.717) is 47.8 Å². The van der Waals surface area contributed by atoms with Gasteiger partial charge in [0.15, 0.2) is 5.60 Å². The molecule has 2 N–H and O–H groups in total. The fourth-order valence-corrected chi connectivity index (χ4v) is 6.36. The highest BCUT2D eigenvalue weighted by Crippen LogP contribution is 2.65. The van der Waals surface area contributed by atoms with E-state index in [0.717, 1.165) is 11.1 Å². The van der Waals surface area contributed by atoms with Crippen molar-refractivity contribution in [2.75, 3.05) is 21.3 Å².